The number of halogens is 1. The predicted molar refractivity (Wildman–Crippen MR) is 61.9 cm³/mol. The summed E-state index contributed by atoms with van der Waals surface area (Å²) in [6.45, 7) is 1.52. The van der Waals surface area contributed by atoms with E-state index in [1.807, 2.05) is 19.0 Å². The first-order chi connectivity index (χ1) is 6.04. The molecule has 0 aliphatic carbocycles. The number of nitrogens with zero attached hydrogens (tertiary/aromatic N) is 1. The van der Waals surface area contributed by atoms with Crippen LogP contribution in [0.3, 0.4) is 0 Å². The largest absolute Gasteiger partial charge is 0.491 e. The van der Waals surface area contributed by atoms with Gasteiger partial charge in [-0.3, -0.25) is 4.79 Å². The number of hydrogen-bond acceptors (Lipinski definition) is 3. The van der Waals surface area contributed by atoms with Crippen LogP contribution in [0.5, 0.6) is 0 Å². The maximum absolute atomic E-state index is 11.2. The lowest BCUT2D eigenvalue weighted by Crippen LogP contribution is -2.18. The van der Waals surface area contributed by atoms with Crippen molar-refractivity contribution in [1.29, 1.82) is 0 Å². The van der Waals surface area contributed by atoms with E-state index in [2.05, 4.69) is 22.6 Å². The number of hydrogen-bond donors (Lipinski definition) is 0. The lowest BCUT2D eigenvalue weighted by molar-refractivity contribution is -0.116. The molecule has 0 N–H and O–H groups in total. The molecule has 0 unspecified atom stereocenters. The minimum absolute atomic E-state index is 0.0175. The van der Waals surface area contributed by atoms with E-state index in [0.29, 0.717) is 5.76 Å². The number of allylic oxidation sites excluding steroid dienone is 2. The van der Waals surface area contributed by atoms with Crippen molar-refractivity contribution in [3.05, 3.63) is 11.5 Å². The summed E-state index contributed by atoms with van der Waals surface area (Å²) in [4.78, 5) is 13.1. The van der Waals surface area contributed by atoms with Crippen LogP contribution in [-0.2, 0) is 9.53 Å². The SMILES string of the molecule is CO/C(C(C)=O)=C(/CCI)N(C)C. The molecule has 0 spiro atoms. The number of carbonyl (C=O) groups is 1. The van der Waals surface area contributed by atoms with Gasteiger partial charge in [0.15, 0.2) is 11.5 Å². The highest BCUT2D eigenvalue weighted by atomic mass is 127. The molecule has 0 aromatic rings. The summed E-state index contributed by atoms with van der Waals surface area (Å²) < 4.78 is 6.05. The minimum atomic E-state index is -0.0175. The second-order valence-corrected chi connectivity index (χ2v) is 3.95. The number of Topliss-reactive ketones (excluding diaryl/α,β-unsaturated/α-hetero) is 1. The summed E-state index contributed by atoms with van der Waals surface area (Å²) in [6.07, 6.45) is 0.857. The molecule has 76 valence electrons. The molecule has 0 saturated carbocycles. The third-order valence-electron chi connectivity index (χ3n) is 1.66. The first-order valence-corrected chi connectivity index (χ1v) is 5.58. The van der Waals surface area contributed by atoms with Crippen molar-refractivity contribution < 1.29 is 9.53 Å². The number of alkyl halides is 1. The molecule has 0 aromatic heterocycles. The molecule has 4 heteroatoms. The fraction of sp³-hybridized carbons (Fsp3) is 0.667. The van der Waals surface area contributed by atoms with Gasteiger partial charge >= 0.3 is 0 Å². The van der Waals surface area contributed by atoms with Crippen molar-refractivity contribution in [2.45, 2.75) is 13.3 Å². The molecule has 0 fully saturated rings. The second kappa shape index (κ2) is 6.23. The zero-order valence-corrected chi connectivity index (χ0v) is 10.7. The summed E-state index contributed by atoms with van der Waals surface area (Å²) >= 11 is 2.28. The van der Waals surface area contributed by atoms with Gasteiger partial charge in [-0.2, -0.15) is 0 Å². The van der Waals surface area contributed by atoms with Crippen LogP contribution in [0.4, 0.5) is 0 Å². The standard InChI is InChI=1S/C9H16INO2/c1-7(12)9(13-4)8(5-6-10)11(2)3/h5-6H2,1-4H3/b9-8-. The maximum Gasteiger partial charge on any atom is 0.196 e. The fourth-order valence-electron chi connectivity index (χ4n) is 1.09. The minimum Gasteiger partial charge on any atom is -0.491 e. The summed E-state index contributed by atoms with van der Waals surface area (Å²) in [7, 11) is 5.38. The highest BCUT2D eigenvalue weighted by molar-refractivity contribution is 14.1. The van der Waals surface area contributed by atoms with Crippen LogP contribution >= 0.6 is 22.6 Å². The van der Waals surface area contributed by atoms with Crippen LogP contribution < -0.4 is 0 Å². The first-order valence-electron chi connectivity index (χ1n) is 4.06. The van der Waals surface area contributed by atoms with Crippen molar-refractivity contribution in [3.8, 4) is 0 Å². The van der Waals surface area contributed by atoms with Gasteiger partial charge in [-0.1, -0.05) is 22.6 Å². The lowest BCUT2D eigenvalue weighted by atomic mass is 10.2. The van der Waals surface area contributed by atoms with Gasteiger partial charge in [0.2, 0.25) is 0 Å². The van der Waals surface area contributed by atoms with E-state index in [0.717, 1.165) is 16.5 Å². The maximum atomic E-state index is 11.2. The second-order valence-electron chi connectivity index (χ2n) is 2.87. The number of rotatable bonds is 5. The molecule has 0 radical (unpaired) electrons. The average molecular weight is 297 g/mol. The van der Waals surface area contributed by atoms with Crippen LogP contribution in [0, 0.1) is 0 Å². The van der Waals surface area contributed by atoms with Crippen molar-refractivity contribution in [3.63, 3.8) is 0 Å². The molecule has 0 aromatic carbocycles. The van der Waals surface area contributed by atoms with E-state index < -0.39 is 0 Å². The van der Waals surface area contributed by atoms with Gasteiger partial charge in [-0.15, -0.1) is 0 Å². The van der Waals surface area contributed by atoms with Crippen molar-refractivity contribution in [2.75, 3.05) is 25.6 Å². The van der Waals surface area contributed by atoms with Crippen LogP contribution in [0.1, 0.15) is 13.3 Å². The van der Waals surface area contributed by atoms with E-state index in [9.17, 15) is 4.79 Å². The number of methoxy groups -OCH3 is 1. The molecule has 0 saturated heterocycles. The Balaban J connectivity index is 4.88. The summed E-state index contributed by atoms with van der Waals surface area (Å²) in [5, 5.41) is 0. The predicted octanol–water partition coefficient (Wildman–Crippen LogP) is 1.82. The van der Waals surface area contributed by atoms with E-state index in [-0.39, 0.29) is 5.78 Å². The first kappa shape index (κ1) is 12.7. The number of carbonyl (C=O) groups excluding carboxylic acids is 1. The molecule has 0 aliphatic heterocycles. The summed E-state index contributed by atoms with van der Waals surface area (Å²) in [5.74, 6) is 0.456. The quantitative estimate of drug-likeness (QED) is 0.335. The molecule has 0 aliphatic rings. The smallest absolute Gasteiger partial charge is 0.196 e. The number of ketones is 1. The highest BCUT2D eigenvalue weighted by Crippen LogP contribution is 2.14. The molecular formula is C9H16INO2. The van der Waals surface area contributed by atoms with Crippen molar-refractivity contribution >= 4 is 28.4 Å². The van der Waals surface area contributed by atoms with E-state index in [4.69, 9.17) is 4.74 Å². The molecule has 3 nitrogen and oxygen atoms in total. The molecule has 13 heavy (non-hydrogen) atoms. The Morgan fingerprint density at radius 2 is 2.00 bits per heavy atom. The van der Waals surface area contributed by atoms with Crippen molar-refractivity contribution in [1.82, 2.24) is 4.90 Å². The van der Waals surface area contributed by atoms with Crippen LogP contribution in [0.15, 0.2) is 11.5 Å². The van der Waals surface area contributed by atoms with Gasteiger partial charge in [0.25, 0.3) is 0 Å². The third-order valence-corrected chi connectivity index (χ3v) is 2.20. The zero-order valence-electron chi connectivity index (χ0n) is 8.56. The Hall–Kier alpha value is -0.260. The van der Waals surface area contributed by atoms with E-state index >= 15 is 0 Å². The van der Waals surface area contributed by atoms with Gasteiger partial charge in [0, 0.05) is 31.9 Å². The van der Waals surface area contributed by atoms with Crippen LogP contribution in [-0.4, -0.2) is 36.3 Å². The normalized spacial score (nSPS) is 12.1. The molecular weight excluding hydrogens is 281 g/mol. The average Bonchev–Trinajstić information content (AvgIpc) is 2.03. The van der Waals surface area contributed by atoms with Crippen LogP contribution in [0.2, 0.25) is 0 Å². The Morgan fingerprint density at radius 1 is 1.46 bits per heavy atom. The summed E-state index contributed by atoms with van der Waals surface area (Å²) in [6, 6.07) is 0. The zero-order chi connectivity index (χ0) is 10.4. The molecule has 0 amide bonds. The summed E-state index contributed by atoms with van der Waals surface area (Å²) in [5.41, 5.74) is 0.962. The third kappa shape index (κ3) is 3.97. The Morgan fingerprint density at radius 3 is 2.23 bits per heavy atom. The topological polar surface area (TPSA) is 29.5 Å². The fourth-order valence-corrected chi connectivity index (χ4v) is 1.61. The molecule has 0 heterocycles. The molecule has 0 bridgehead atoms. The number of ether oxygens (including phenoxy) is 1. The molecule has 0 atom stereocenters. The van der Waals surface area contributed by atoms with Gasteiger partial charge in [-0.25, -0.2) is 0 Å². The molecule has 0 rings (SSSR count). The highest BCUT2D eigenvalue weighted by Gasteiger charge is 2.13. The van der Waals surface area contributed by atoms with Gasteiger partial charge < -0.3 is 9.64 Å². The van der Waals surface area contributed by atoms with Crippen molar-refractivity contribution in [2.24, 2.45) is 0 Å². The van der Waals surface area contributed by atoms with Gasteiger partial charge in [-0.05, 0) is 0 Å². The van der Waals surface area contributed by atoms with E-state index in [1.165, 1.54) is 14.0 Å². The lowest BCUT2D eigenvalue weighted by Gasteiger charge is -2.19. The van der Waals surface area contributed by atoms with Gasteiger partial charge in [0.05, 0.1) is 12.8 Å². The monoisotopic (exact) mass is 297 g/mol. The van der Waals surface area contributed by atoms with E-state index in [1.54, 1.807) is 0 Å². The van der Waals surface area contributed by atoms with Gasteiger partial charge in [0.1, 0.15) is 0 Å². The Labute approximate surface area is 93.3 Å². The Bertz CT molecular complexity index is 212. The Kier molecular flexibility index (Phi) is 6.11. The van der Waals surface area contributed by atoms with Crippen LogP contribution in [0.25, 0.3) is 0 Å².